The zero-order valence-electron chi connectivity index (χ0n) is 8.34. The average molecular weight is 245 g/mol. The Kier molecular flexibility index (Phi) is 4.56. The van der Waals surface area contributed by atoms with Crippen LogP contribution in [0.3, 0.4) is 0 Å². The first-order chi connectivity index (χ1) is 7.53. The molecule has 1 aromatic rings. The molecule has 0 aromatic heterocycles. The van der Waals surface area contributed by atoms with Crippen molar-refractivity contribution in [3.05, 3.63) is 24.3 Å². The van der Waals surface area contributed by atoms with Crippen molar-refractivity contribution in [3.8, 4) is 12.3 Å². The maximum Gasteiger partial charge on any atom is 0.398 e. The standard InChI is InChI=1S/C11H10F3NS/c1-2-7-15-9-5-3-4-6-10(9)16-8-11(12,13)14/h1,3-6,15H,7-8H2. The topological polar surface area (TPSA) is 12.0 Å². The van der Waals surface area contributed by atoms with E-state index in [0.717, 1.165) is 11.8 Å². The number of thioether (sulfide) groups is 1. The minimum absolute atomic E-state index is 0.295. The number of anilines is 1. The number of hydrogen-bond acceptors (Lipinski definition) is 2. The van der Waals surface area contributed by atoms with Crippen LogP contribution in [0.15, 0.2) is 29.2 Å². The van der Waals surface area contributed by atoms with Crippen molar-refractivity contribution >= 4 is 17.4 Å². The van der Waals surface area contributed by atoms with Crippen molar-refractivity contribution in [3.63, 3.8) is 0 Å². The monoisotopic (exact) mass is 245 g/mol. The fourth-order valence-corrected chi connectivity index (χ4v) is 1.83. The van der Waals surface area contributed by atoms with E-state index in [1.807, 2.05) is 0 Å². The third-order valence-corrected chi connectivity index (χ3v) is 2.80. The molecule has 0 saturated carbocycles. The number of para-hydroxylation sites is 1. The van der Waals surface area contributed by atoms with Gasteiger partial charge in [0.15, 0.2) is 0 Å². The Morgan fingerprint density at radius 2 is 2.00 bits per heavy atom. The molecule has 86 valence electrons. The van der Waals surface area contributed by atoms with Gasteiger partial charge in [-0.1, -0.05) is 18.1 Å². The molecule has 5 heteroatoms. The highest BCUT2D eigenvalue weighted by molar-refractivity contribution is 7.99. The van der Waals surface area contributed by atoms with Gasteiger partial charge in [-0.2, -0.15) is 13.2 Å². The smallest absolute Gasteiger partial charge is 0.373 e. The second-order valence-corrected chi connectivity index (χ2v) is 3.97. The van der Waals surface area contributed by atoms with Gasteiger partial charge in [0.1, 0.15) is 0 Å². The maximum absolute atomic E-state index is 12.1. The number of alkyl halides is 3. The average Bonchev–Trinajstić information content (AvgIpc) is 2.23. The van der Waals surface area contributed by atoms with E-state index >= 15 is 0 Å². The van der Waals surface area contributed by atoms with Crippen LogP contribution in [0.2, 0.25) is 0 Å². The van der Waals surface area contributed by atoms with Crippen molar-refractivity contribution in [2.24, 2.45) is 0 Å². The number of benzene rings is 1. The summed E-state index contributed by atoms with van der Waals surface area (Å²) in [6, 6.07) is 6.78. The summed E-state index contributed by atoms with van der Waals surface area (Å²) in [5, 5.41) is 2.87. The number of terminal acetylenes is 1. The van der Waals surface area contributed by atoms with Gasteiger partial charge < -0.3 is 5.32 Å². The van der Waals surface area contributed by atoms with Crippen molar-refractivity contribution in [1.82, 2.24) is 0 Å². The fraction of sp³-hybridized carbons (Fsp3) is 0.273. The Bertz CT molecular complexity index is 382. The fourth-order valence-electron chi connectivity index (χ4n) is 1.04. The van der Waals surface area contributed by atoms with Gasteiger partial charge >= 0.3 is 6.18 Å². The molecular formula is C11H10F3NS. The van der Waals surface area contributed by atoms with Gasteiger partial charge in [0, 0.05) is 10.6 Å². The molecular weight excluding hydrogens is 235 g/mol. The van der Waals surface area contributed by atoms with Crippen LogP contribution >= 0.6 is 11.8 Å². The Morgan fingerprint density at radius 3 is 2.62 bits per heavy atom. The highest BCUT2D eigenvalue weighted by atomic mass is 32.2. The van der Waals surface area contributed by atoms with Crippen LogP contribution in [0.1, 0.15) is 0 Å². The van der Waals surface area contributed by atoms with Crippen LogP contribution in [-0.2, 0) is 0 Å². The van der Waals surface area contributed by atoms with Crippen LogP contribution < -0.4 is 5.32 Å². The zero-order chi connectivity index (χ0) is 12.0. The summed E-state index contributed by atoms with van der Waals surface area (Å²) < 4.78 is 36.2. The molecule has 0 spiro atoms. The summed E-state index contributed by atoms with van der Waals surface area (Å²) >= 11 is 0.748. The molecule has 1 nitrogen and oxygen atoms in total. The summed E-state index contributed by atoms with van der Waals surface area (Å²) in [6.07, 6.45) is 0.908. The van der Waals surface area contributed by atoms with Crippen molar-refractivity contribution in [2.75, 3.05) is 17.6 Å². The Balaban J connectivity index is 2.68. The molecule has 0 heterocycles. The number of rotatable bonds is 4. The summed E-state index contributed by atoms with van der Waals surface area (Å²) in [7, 11) is 0. The van der Waals surface area contributed by atoms with Gasteiger partial charge in [0.2, 0.25) is 0 Å². The van der Waals surface area contributed by atoms with E-state index in [9.17, 15) is 13.2 Å². The van der Waals surface area contributed by atoms with Gasteiger partial charge in [0.05, 0.1) is 12.3 Å². The maximum atomic E-state index is 12.1. The summed E-state index contributed by atoms with van der Waals surface area (Å²) in [5.74, 6) is 1.47. The quantitative estimate of drug-likeness (QED) is 0.644. The van der Waals surface area contributed by atoms with Crippen LogP contribution in [0, 0.1) is 12.3 Å². The number of nitrogens with one attached hydrogen (secondary N) is 1. The van der Waals surface area contributed by atoms with E-state index in [2.05, 4.69) is 11.2 Å². The lowest BCUT2D eigenvalue weighted by molar-refractivity contribution is -0.105. The van der Waals surface area contributed by atoms with E-state index in [4.69, 9.17) is 6.42 Å². The molecule has 0 aliphatic rings. The van der Waals surface area contributed by atoms with Crippen LogP contribution in [-0.4, -0.2) is 18.5 Å². The highest BCUT2D eigenvalue weighted by Crippen LogP contribution is 2.31. The Morgan fingerprint density at radius 1 is 1.31 bits per heavy atom. The van der Waals surface area contributed by atoms with E-state index in [0.29, 0.717) is 17.1 Å². The Hall–Kier alpha value is -1.28. The van der Waals surface area contributed by atoms with Gasteiger partial charge in [-0.15, -0.1) is 18.2 Å². The third-order valence-electron chi connectivity index (χ3n) is 1.66. The molecule has 0 saturated heterocycles. The SMILES string of the molecule is C#CCNc1ccccc1SCC(F)(F)F. The third kappa shape index (κ3) is 4.49. The van der Waals surface area contributed by atoms with E-state index in [1.54, 1.807) is 24.3 Å². The minimum Gasteiger partial charge on any atom is -0.373 e. The lowest BCUT2D eigenvalue weighted by Crippen LogP contribution is -2.11. The predicted molar refractivity (Wildman–Crippen MR) is 60.5 cm³/mol. The largest absolute Gasteiger partial charge is 0.398 e. The molecule has 16 heavy (non-hydrogen) atoms. The lowest BCUT2D eigenvalue weighted by Gasteiger charge is -2.10. The molecule has 0 bridgehead atoms. The number of halogens is 3. The normalized spacial score (nSPS) is 10.9. The first-order valence-electron chi connectivity index (χ1n) is 4.49. The first-order valence-corrected chi connectivity index (χ1v) is 5.47. The summed E-state index contributed by atoms with van der Waals surface area (Å²) in [5.41, 5.74) is 0.634. The second kappa shape index (κ2) is 5.71. The van der Waals surface area contributed by atoms with Crippen molar-refractivity contribution in [2.45, 2.75) is 11.1 Å². The van der Waals surface area contributed by atoms with E-state index < -0.39 is 11.9 Å². The van der Waals surface area contributed by atoms with Crippen molar-refractivity contribution < 1.29 is 13.2 Å². The molecule has 1 rings (SSSR count). The summed E-state index contributed by atoms with van der Waals surface area (Å²) in [4.78, 5) is 0.551. The zero-order valence-corrected chi connectivity index (χ0v) is 9.16. The predicted octanol–water partition coefficient (Wildman–Crippen LogP) is 3.39. The summed E-state index contributed by atoms with van der Waals surface area (Å²) in [6.45, 7) is 0.295. The van der Waals surface area contributed by atoms with Gasteiger partial charge in [-0.25, -0.2) is 0 Å². The molecule has 0 atom stereocenters. The second-order valence-electron chi connectivity index (χ2n) is 2.96. The molecule has 0 aliphatic heterocycles. The van der Waals surface area contributed by atoms with E-state index in [1.165, 1.54) is 0 Å². The molecule has 0 aliphatic carbocycles. The van der Waals surface area contributed by atoms with Crippen LogP contribution in [0.5, 0.6) is 0 Å². The number of hydrogen-bond donors (Lipinski definition) is 1. The first kappa shape index (κ1) is 12.8. The molecule has 0 radical (unpaired) electrons. The highest BCUT2D eigenvalue weighted by Gasteiger charge is 2.27. The molecule has 0 amide bonds. The van der Waals surface area contributed by atoms with E-state index in [-0.39, 0.29) is 0 Å². The Labute approximate surface area is 96.4 Å². The van der Waals surface area contributed by atoms with Crippen LogP contribution in [0.25, 0.3) is 0 Å². The molecule has 1 N–H and O–H groups in total. The van der Waals surface area contributed by atoms with Crippen LogP contribution in [0.4, 0.5) is 18.9 Å². The lowest BCUT2D eigenvalue weighted by atomic mass is 10.3. The minimum atomic E-state index is -4.16. The van der Waals surface area contributed by atoms with Crippen molar-refractivity contribution in [1.29, 1.82) is 0 Å². The molecule has 0 fully saturated rings. The molecule has 1 aromatic carbocycles. The van der Waals surface area contributed by atoms with Gasteiger partial charge in [-0.05, 0) is 12.1 Å². The van der Waals surface area contributed by atoms with Gasteiger partial charge in [0.25, 0.3) is 0 Å². The van der Waals surface area contributed by atoms with Gasteiger partial charge in [-0.3, -0.25) is 0 Å². The molecule has 0 unspecified atom stereocenters.